The zero-order chi connectivity index (χ0) is 27.9. The largest absolute Gasteiger partial charge is 0.507 e. The quantitative estimate of drug-likeness (QED) is 0.278. The maximum atomic E-state index is 13.2. The second kappa shape index (κ2) is 11.1. The molecule has 1 aliphatic heterocycles. The normalized spacial score (nSPS) is 18.0. The van der Waals surface area contributed by atoms with E-state index >= 15 is 0 Å². The number of phenolic OH excluding ortho intramolecular Hbond substituents is 1. The number of aromatic nitrogens is 3. The number of para-hydroxylation sites is 1. The van der Waals surface area contributed by atoms with Gasteiger partial charge in [-0.25, -0.2) is 13.4 Å². The van der Waals surface area contributed by atoms with Crippen molar-refractivity contribution in [2.75, 3.05) is 19.8 Å². The monoisotopic (exact) mass is 600 g/mol. The van der Waals surface area contributed by atoms with E-state index in [9.17, 15) is 18.3 Å². The number of rotatable bonds is 9. The van der Waals surface area contributed by atoms with Gasteiger partial charge in [0.05, 0.1) is 44.7 Å². The molecule has 2 unspecified atom stereocenters. The molecule has 3 heterocycles. The number of hydrogen-bond acceptors (Lipinski definition) is 8. The first-order valence-corrected chi connectivity index (χ1v) is 16.0. The lowest BCUT2D eigenvalue weighted by atomic mass is 9.81. The molecule has 2 N–H and O–H groups in total. The van der Waals surface area contributed by atoms with Crippen molar-refractivity contribution in [3.05, 3.63) is 69.8 Å². The zero-order valence-electron chi connectivity index (χ0n) is 21.6. The number of benzene rings is 2. The lowest BCUT2D eigenvalue weighted by Crippen LogP contribution is -2.37. The summed E-state index contributed by atoms with van der Waals surface area (Å²) in [6.45, 7) is 1.39. The first-order valence-electron chi connectivity index (χ1n) is 13.3. The number of fused-ring (bicyclic) bond motifs is 1. The van der Waals surface area contributed by atoms with Gasteiger partial charge in [-0.15, -0.1) is 11.3 Å². The number of amides is 1. The Morgan fingerprint density at radius 2 is 1.90 bits per heavy atom. The maximum absolute atomic E-state index is 13.2. The van der Waals surface area contributed by atoms with E-state index < -0.39 is 21.8 Å². The van der Waals surface area contributed by atoms with E-state index in [0.29, 0.717) is 41.3 Å². The third-order valence-electron chi connectivity index (χ3n) is 7.77. The number of nitrogens with one attached hydrogen (secondary N) is 1. The summed E-state index contributed by atoms with van der Waals surface area (Å²) in [5.41, 5.74) is 0.840. The summed E-state index contributed by atoms with van der Waals surface area (Å²) in [7, 11) is -3.46. The Morgan fingerprint density at radius 1 is 1.12 bits per heavy atom. The fourth-order valence-electron chi connectivity index (χ4n) is 5.61. The highest BCUT2D eigenvalue weighted by atomic mass is 35.5. The molecule has 1 amide bonds. The fraction of sp³-hybridized carbons (Fsp3) is 0.393. The zero-order valence-corrected chi connectivity index (χ0v) is 24.0. The van der Waals surface area contributed by atoms with Crippen LogP contribution in [0.5, 0.6) is 5.75 Å². The van der Waals surface area contributed by atoms with Gasteiger partial charge in [-0.1, -0.05) is 29.8 Å². The highest BCUT2D eigenvalue weighted by Crippen LogP contribution is 2.44. The fourth-order valence-corrected chi connectivity index (χ4v) is 8.64. The summed E-state index contributed by atoms with van der Waals surface area (Å²) >= 11 is 7.74. The van der Waals surface area contributed by atoms with E-state index in [1.54, 1.807) is 42.7 Å². The van der Waals surface area contributed by atoms with Crippen molar-refractivity contribution < 1.29 is 23.1 Å². The smallest absolute Gasteiger partial charge is 0.255 e. The molecule has 0 spiro atoms. The van der Waals surface area contributed by atoms with Crippen LogP contribution < -0.4 is 5.32 Å². The average Bonchev–Trinajstić information content (AvgIpc) is 3.62. The van der Waals surface area contributed by atoms with E-state index in [0.717, 1.165) is 17.8 Å². The van der Waals surface area contributed by atoms with Crippen LogP contribution in [0.25, 0.3) is 10.9 Å². The molecule has 210 valence electrons. The van der Waals surface area contributed by atoms with Crippen LogP contribution in [0, 0.1) is 5.92 Å². The van der Waals surface area contributed by atoms with Crippen LogP contribution in [0.2, 0.25) is 4.34 Å². The number of thiazole rings is 1. The van der Waals surface area contributed by atoms with Crippen molar-refractivity contribution in [1.29, 1.82) is 0 Å². The Kier molecular flexibility index (Phi) is 7.56. The Morgan fingerprint density at radius 3 is 2.60 bits per heavy atom. The molecule has 0 bridgehead atoms. The summed E-state index contributed by atoms with van der Waals surface area (Å²) in [4.78, 5) is 18.1. The van der Waals surface area contributed by atoms with Crippen LogP contribution in [0.4, 0.5) is 0 Å². The molecule has 0 radical (unpaired) electrons. The van der Waals surface area contributed by atoms with Crippen LogP contribution in [0.1, 0.15) is 53.0 Å². The topological polar surface area (TPSA) is 123 Å². The van der Waals surface area contributed by atoms with Gasteiger partial charge in [0, 0.05) is 31.1 Å². The highest BCUT2D eigenvalue weighted by Gasteiger charge is 2.40. The first-order chi connectivity index (χ1) is 19.3. The van der Waals surface area contributed by atoms with E-state index in [-0.39, 0.29) is 39.8 Å². The molecule has 9 nitrogen and oxygen atoms in total. The summed E-state index contributed by atoms with van der Waals surface area (Å²) in [6.07, 6.45) is 6.18. The Hall–Kier alpha value is -2.99. The second-order valence-corrected chi connectivity index (χ2v) is 14.2. The Balaban J connectivity index is 1.44. The van der Waals surface area contributed by atoms with E-state index in [1.807, 2.05) is 10.7 Å². The minimum absolute atomic E-state index is 0.108. The van der Waals surface area contributed by atoms with E-state index in [4.69, 9.17) is 21.4 Å². The van der Waals surface area contributed by atoms with Crippen LogP contribution in [-0.4, -0.2) is 59.2 Å². The van der Waals surface area contributed by atoms with Crippen LogP contribution in [0.3, 0.4) is 0 Å². The number of sulfone groups is 1. The van der Waals surface area contributed by atoms with Gasteiger partial charge in [-0.2, -0.15) is 5.10 Å². The van der Waals surface area contributed by atoms with Gasteiger partial charge >= 0.3 is 0 Å². The lowest BCUT2D eigenvalue weighted by Gasteiger charge is -2.35. The third-order valence-corrected chi connectivity index (χ3v) is 11.3. The standard InChI is InChI=1S/C28H29ClN4O5S2/c29-25-16-31-28(39-25)26(17-10-12-38-13-11-17)22(15-30-27(35)19-4-1-2-6-23(19)34)33-21-5-3-7-24(20(21)14-32-33)40(36,37)18-8-9-18/h1-7,14,16-18,22,26,34H,8-13,15H2,(H,30,35). The summed E-state index contributed by atoms with van der Waals surface area (Å²) in [6, 6.07) is 11.2. The molecular weight excluding hydrogens is 572 g/mol. The number of hydrogen-bond donors (Lipinski definition) is 2. The molecule has 6 rings (SSSR count). The Labute approximate surface area is 241 Å². The van der Waals surface area contributed by atoms with Crippen LogP contribution >= 0.6 is 22.9 Å². The molecule has 2 aromatic heterocycles. The van der Waals surface area contributed by atoms with Gasteiger partial charge in [-0.05, 0) is 55.9 Å². The molecule has 1 saturated heterocycles. The lowest BCUT2D eigenvalue weighted by molar-refractivity contribution is 0.0497. The number of halogens is 1. The van der Waals surface area contributed by atoms with Crippen LogP contribution in [0.15, 0.2) is 59.8 Å². The number of phenols is 1. The van der Waals surface area contributed by atoms with Crippen molar-refractivity contribution in [1.82, 2.24) is 20.1 Å². The minimum atomic E-state index is -3.46. The van der Waals surface area contributed by atoms with Gasteiger partial charge < -0.3 is 15.2 Å². The SMILES string of the molecule is O=C(NCC(C(c1ncc(Cl)s1)C1CCOCC1)n1ncc2c(S(=O)(=O)C3CC3)cccc21)c1ccccc1O. The number of aromatic hydroxyl groups is 1. The summed E-state index contributed by atoms with van der Waals surface area (Å²) in [5, 5.41) is 19.0. The van der Waals surface area contributed by atoms with Crippen molar-refractivity contribution in [3.63, 3.8) is 0 Å². The molecule has 2 fully saturated rings. The van der Waals surface area contributed by atoms with E-state index in [1.165, 1.54) is 17.4 Å². The number of ether oxygens (including phenoxy) is 1. The molecule has 1 saturated carbocycles. The molecule has 4 aromatic rings. The van der Waals surface area contributed by atoms with Crippen molar-refractivity contribution in [3.8, 4) is 5.75 Å². The highest BCUT2D eigenvalue weighted by molar-refractivity contribution is 7.92. The van der Waals surface area contributed by atoms with Crippen LogP contribution in [-0.2, 0) is 14.6 Å². The predicted octanol–water partition coefficient (Wildman–Crippen LogP) is 4.97. The Bertz CT molecular complexity index is 1640. The average molecular weight is 601 g/mol. The molecular formula is C28H29ClN4O5S2. The van der Waals surface area contributed by atoms with E-state index in [2.05, 4.69) is 10.3 Å². The van der Waals surface area contributed by atoms with Crippen molar-refractivity contribution >= 4 is 49.6 Å². The van der Waals surface area contributed by atoms with Gasteiger partial charge in [0.25, 0.3) is 5.91 Å². The first kappa shape index (κ1) is 27.2. The maximum Gasteiger partial charge on any atom is 0.255 e. The summed E-state index contributed by atoms with van der Waals surface area (Å²) < 4.78 is 34.5. The number of nitrogens with zero attached hydrogens (tertiary/aromatic N) is 3. The molecule has 12 heteroatoms. The second-order valence-electron chi connectivity index (χ2n) is 10.3. The van der Waals surface area contributed by atoms with Gasteiger partial charge in [0.15, 0.2) is 9.84 Å². The molecule has 2 aromatic carbocycles. The minimum Gasteiger partial charge on any atom is -0.507 e. The van der Waals surface area contributed by atoms with Gasteiger partial charge in [0.2, 0.25) is 0 Å². The van der Waals surface area contributed by atoms with Gasteiger partial charge in [0.1, 0.15) is 10.1 Å². The van der Waals surface area contributed by atoms with Crippen molar-refractivity contribution in [2.45, 2.75) is 47.8 Å². The number of carbonyl (C=O) groups excluding carboxylic acids is 1. The summed E-state index contributed by atoms with van der Waals surface area (Å²) in [5.74, 6) is -0.540. The molecule has 2 atom stereocenters. The van der Waals surface area contributed by atoms with Gasteiger partial charge in [-0.3, -0.25) is 9.48 Å². The molecule has 1 aliphatic carbocycles. The molecule has 2 aliphatic rings. The number of carbonyl (C=O) groups is 1. The predicted molar refractivity (Wildman–Crippen MR) is 153 cm³/mol. The van der Waals surface area contributed by atoms with Crippen molar-refractivity contribution in [2.24, 2.45) is 5.92 Å². The third kappa shape index (κ3) is 5.23. The molecule has 40 heavy (non-hydrogen) atoms.